The fraction of sp³-hybridized carbons (Fsp3) is 0.211. The molecule has 0 bridgehead atoms. The number of nitrogens with one attached hydrogen (secondary N) is 1. The molecule has 0 atom stereocenters. The molecule has 3 rings (SSSR count). The van der Waals surface area contributed by atoms with Gasteiger partial charge in [-0.1, -0.05) is 13.3 Å². The molecule has 0 fully saturated rings. The Morgan fingerprint density at radius 1 is 1.32 bits per heavy atom. The van der Waals surface area contributed by atoms with E-state index in [1.165, 1.54) is 0 Å². The van der Waals surface area contributed by atoms with Gasteiger partial charge in [-0.2, -0.15) is 5.26 Å². The summed E-state index contributed by atoms with van der Waals surface area (Å²) in [6.45, 7) is 4.08. The van der Waals surface area contributed by atoms with Crippen molar-refractivity contribution in [2.24, 2.45) is 0 Å². The van der Waals surface area contributed by atoms with Crippen molar-refractivity contribution >= 4 is 29.0 Å². The van der Waals surface area contributed by atoms with E-state index in [9.17, 15) is 4.79 Å². The van der Waals surface area contributed by atoms with Gasteiger partial charge < -0.3 is 5.32 Å². The number of pyridine rings is 1. The molecule has 0 radical (unpaired) electrons. The fourth-order valence-electron chi connectivity index (χ4n) is 2.70. The van der Waals surface area contributed by atoms with Crippen molar-refractivity contribution in [3.63, 3.8) is 0 Å². The van der Waals surface area contributed by atoms with Gasteiger partial charge in [-0.15, -0.1) is 0 Å². The third kappa shape index (κ3) is 3.67. The Morgan fingerprint density at radius 3 is 2.76 bits per heavy atom. The van der Waals surface area contributed by atoms with Gasteiger partial charge in [0.25, 0.3) is 5.91 Å². The number of aryl methyl sites for hydroxylation is 2. The minimum Gasteiger partial charge on any atom is -0.321 e. The van der Waals surface area contributed by atoms with Gasteiger partial charge in [-0.25, -0.2) is 4.98 Å². The van der Waals surface area contributed by atoms with Crippen LogP contribution in [0.3, 0.4) is 0 Å². The first-order valence-corrected chi connectivity index (χ1v) is 8.89. The van der Waals surface area contributed by atoms with Gasteiger partial charge in [-0.05, 0) is 67.1 Å². The van der Waals surface area contributed by atoms with Gasteiger partial charge in [0.15, 0.2) is 0 Å². The number of benzene rings is 1. The van der Waals surface area contributed by atoms with Gasteiger partial charge >= 0.3 is 0 Å². The van der Waals surface area contributed by atoms with Crippen molar-refractivity contribution in [2.75, 3.05) is 5.32 Å². The van der Waals surface area contributed by atoms with E-state index in [1.807, 2.05) is 47.2 Å². The second kappa shape index (κ2) is 7.41. The van der Waals surface area contributed by atoms with Crippen molar-refractivity contribution < 1.29 is 4.79 Å². The summed E-state index contributed by atoms with van der Waals surface area (Å²) < 4.78 is 1.84. The first-order chi connectivity index (χ1) is 12.1. The number of carbonyl (C=O) groups is 1. The first-order valence-electron chi connectivity index (χ1n) is 8.07. The molecule has 0 saturated carbocycles. The molecule has 1 N–H and O–H groups in total. The number of carbonyl (C=O) groups excluding carboxylic acids is 1. The zero-order chi connectivity index (χ0) is 17.8. The third-order valence-corrected chi connectivity index (χ3v) is 4.43. The van der Waals surface area contributed by atoms with Crippen molar-refractivity contribution in [3.05, 3.63) is 59.5 Å². The number of thioether (sulfide) groups is 1. The zero-order valence-corrected chi connectivity index (χ0v) is 14.9. The van der Waals surface area contributed by atoms with E-state index in [0.717, 1.165) is 46.4 Å². The maximum absolute atomic E-state index is 12.9. The molecule has 0 spiro atoms. The van der Waals surface area contributed by atoms with Gasteiger partial charge in [0.05, 0.1) is 5.69 Å². The Kier molecular flexibility index (Phi) is 5.05. The molecule has 2 aromatic heterocycles. The Hall–Kier alpha value is -2.78. The Morgan fingerprint density at radius 2 is 2.08 bits per heavy atom. The normalized spacial score (nSPS) is 10.6. The van der Waals surface area contributed by atoms with Crippen LogP contribution in [0.5, 0.6) is 0 Å². The number of nitrogens with zero attached hydrogens (tertiary/aromatic N) is 3. The Bertz CT molecular complexity index is 954. The molecule has 126 valence electrons. The van der Waals surface area contributed by atoms with E-state index in [-0.39, 0.29) is 5.91 Å². The summed E-state index contributed by atoms with van der Waals surface area (Å²) in [7, 11) is 0. The molecule has 0 saturated heterocycles. The van der Waals surface area contributed by atoms with E-state index in [2.05, 4.69) is 17.2 Å². The maximum Gasteiger partial charge on any atom is 0.274 e. The fourth-order valence-corrected chi connectivity index (χ4v) is 3.07. The number of thiocyanates is 1. The smallest absolute Gasteiger partial charge is 0.274 e. The van der Waals surface area contributed by atoms with Crippen LogP contribution in [0.4, 0.5) is 5.69 Å². The minimum absolute atomic E-state index is 0.180. The molecule has 3 aromatic rings. The van der Waals surface area contributed by atoms with Crippen LogP contribution in [-0.4, -0.2) is 15.3 Å². The lowest BCUT2D eigenvalue weighted by Gasteiger charge is -2.07. The summed E-state index contributed by atoms with van der Waals surface area (Å²) in [5, 5.41) is 13.7. The van der Waals surface area contributed by atoms with Crippen molar-refractivity contribution in [1.82, 2.24) is 9.38 Å². The van der Waals surface area contributed by atoms with Crippen LogP contribution in [-0.2, 0) is 6.42 Å². The summed E-state index contributed by atoms with van der Waals surface area (Å²) >= 11 is 1.09. The average Bonchev–Trinajstić information content (AvgIpc) is 2.94. The number of rotatable bonds is 5. The van der Waals surface area contributed by atoms with Crippen LogP contribution in [0.1, 0.15) is 35.1 Å². The standard InChI is InChI=1S/C19H18N4OS/c1-3-4-16-18(23-10-9-13(2)11-17(23)22-16)19(24)21-14-5-7-15(8-6-14)25-12-20/h5-11H,3-4H2,1-2H3,(H,21,24). The quantitative estimate of drug-likeness (QED) is 0.546. The summed E-state index contributed by atoms with van der Waals surface area (Å²) in [5.74, 6) is -0.180. The van der Waals surface area contributed by atoms with E-state index in [0.29, 0.717) is 11.4 Å². The van der Waals surface area contributed by atoms with E-state index in [1.54, 1.807) is 12.1 Å². The molecule has 0 unspecified atom stereocenters. The van der Waals surface area contributed by atoms with Crippen LogP contribution >= 0.6 is 11.8 Å². The highest BCUT2D eigenvalue weighted by Gasteiger charge is 2.19. The van der Waals surface area contributed by atoms with Gasteiger partial charge in [0.1, 0.15) is 16.7 Å². The molecule has 0 aliphatic rings. The van der Waals surface area contributed by atoms with Crippen LogP contribution in [0.25, 0.3) is 5.65 Å². The summed E-state index contributed by atoms with van der Waals surface area (Å²) in [5.41, 5.74) is 3.97. The van der Waals surface area contributed by atoms with Crippen LogP contribution in [0.15, 0.2) is 47.5 Å². The van der Waals surface area contributed by atoms with E-state index in [4.69, 9.17) is 5.26 Å². The monoisotopic (exact) mass is 350 g/mol. The largest absolute Gasteiger partial charge is 0.321 e. The Balaban J connectivity index is 1.93. The molecule has 1 aromatic carbocycles. The second-order valence-electron chi connectivity index (χ2n) is 5.76. The average molecular weight is 350 g/mol. The van der Waals surface area contributed by atoms with E-state index >= 15 is 0 Å². The molecule has 1 amide bonds. The second-order valence-corrected chi connectivity index (χ2v) is 6.62. The highest BCUT2D eigenvalue weighted by molar-refractivity contribution is 8.03. The topological polar surface area (TPSA) is 70.2 Å². The van der Waals surface area contributed by atoms with E-state index < -0.39 is 0 Å². The third-order valence-electron chi connectivity index (χ3n) is 3.83. The number of hydrogen-bond donors (Lipinski definition) is 1. The van der Waals surface area contributed by atoms with Crippen molar-refractivity contribution in [3.8, 4) is 5.40 Å². The zero-order valence-electron chi connectivity index (χ0n) is 14.1. The van der Waals surface area contributed by atoms with Gasteiger partial charge in [0, 0.05) is 16.8 Å². The number of nitriles is 1. The van der Waals surface area contributed by atoms with Crippen molar-refractivity contribution in [2.45, 2.75) is 31.6 Å². The highest BCUT2D eigenvalue weighted by atomic mass is 32.2. The molecular weight excluding hydrogens is 332 g/mol. The van der Waals surface area contributed by atoms with Crippen LogP contribution < -0.4 is 5.32 Å². The number of aromatic nitrogens is 2. The predicted octanol–water partition coefficient (Wildman–Crippen LogP) is 4.42. The van der Waals surface area contributed by atoms with Crippen molar-refractivity contribution in [1.29, 1.82) is 5.26 Å². The Labute approximate surface area is 150 Å². The number of anilines is 1. The highest BCUT2D eigenvalue weighted by Crippen LogP contribution is 2.21. The van der Waals surface area contributed by atoms with Crippen LogP contribution in [0, 0.1) is 17.6 Å². The molecule has 0 aliphatic heterocycles. The molecule has 5 nitrogen and oxygen atoms in total. The molecule has 6 heteroatoms. The lowest BCUT2D eigenvalue weighted by atomic mass is 10.2. The molecule has 25 heavy (non-hydrogen) atoms. The number of imidazole rings is 1. The number of hydrogen-bond acceptors (Lipinski definition) is 4. The summed E-state index contributed by atoms with van der Waals surface area (Å²) in [6, 6.07) is 11.2. The number of fused-ring (bicyclic) bond motifs is 1. The van der Waals surface area contributed by atoms with Gasteiger partial charge in [0.2, 0.25) is 0 Å². The first kappa shape index (κ1) is 17.1. The summed E-state index contributed by atoms with van der Waals surface area (Å²) in [6.07, 6.45) is 3.56. The maximum atomic E-state index is 12.9. The molecule has 0 aliphatic carbocycles. The lowest BCUT2D eigenvalue weighted by molar-refractivity contribution is 0.102. The molecule has 2 heterocycles. The minimum atomic E-state index is -0.180. The van der Waals surface area contributed by atoms with Gasteiger partial charge in [-0.3, -0.25) is 9.20 Å². The molecular formula is C19H18N4OS. The lowest BCUT2D eigenvalue weighted by Crippen LogP contribution is -2.16. The predicted molar refractivity (Wildman–Crippen MR) is 99.8 cm³/mol. The summed E-state index contributed by atoms with van der Waals surface area (Å²) in [4.78, 5) is 18.3. The number of amides is 1. The SMILES string of the molecule is CCCc1nc2cc(C)ccn2c1C(=O)Nc1ccc(SC#N)cc1. The van der Waals surface area contributed by atoms with Crippen LogP contribution in [0.2, 0.25) is 0 Å².